The molecule has 0 atom stereocenters. The normalized spacial score (nSPS) is 15.1. The molecule has 5 rings (SSSR count). The molecule has 5 heteroatoms. The fraction of sp³-hybridized carbons (Fsp3) is 0.240. The maximum absolute atomic E-state index is 14.2. The van der Waals surface area contributed by atoms with E-state index >= 15 is 0 Å². The lowest BCUT2D eigenvalue weighted by atomic mass is 10.1. The number of hydrogen-bond donors (Lipinski definition) is 0. The zero-order valence-corrected chi connectivity index (χ0v) is 17.1. The molecule has 0 aliphatic carbocycles. The van der Waals surface area contributed by atoms with Gasteiger partial charge in [-0.1, -0.05) is 48.5 Å². The Hall–Kier alpha value is -3.18. The molecule has 0 bridgehead atoms. The van der Waals surface area contributed by atoms with Gasteiger partial charge in [0.15, 0.2) is 0 Å². The van der Waals surface area contributed by atoms with Gasteiger partial charge < -0.3 is 9.30 Å². The van der Waals surface area contributed by atoms with Crippen LogP contribution in [-0.4, -0.2) is 40.5 Å². The summed E-state index contributed by atoms with van der Waals surface area (Å²) in [6.45, 7) is 6.34. The van der Waals surface area contributed by atoms with Gasteiger partial charge in [0.05, 0.1) is 17.1 Å². The van der Waals surface area contributed by atoms with E-state index in [0.29, 0.717) is 5.69 Å². The van der Waals surface area contributed by atoms with Gasteiger partial charge in [-0.25, -0.2) is 9.37 Å². The third kappa shape index (κ3) is 3.57. The van der Waals surface area contributed by atoms with Crippen molar-refractivity contribution in [2.75, 3.05) is 31.1 Å². The van der Waals surface area contributed by atoms with Gasteiger partial charge in [-0.05, 0) is 30.7 Å². The van der Waals surface area contributed by atoms with E-state index in [0.717, 1.165) is 49.6 Å². The molecule has 4 aromatic rings. The van der Waals surface area contributed by atoms with Gasteiger partial charge in [-0.3, -0.25) is 4.90 Å². The van der Waals surface area contributed by atoms with Crippen molar-refractivity contribution >= 4 is 11.3 Å². The first-order valence-electron chi connectivity index (χ1n) is 10.4. The molecule has 0 saturated carbocycles. The summed E-state index contributed by atoms with van der Waals surface area (Å²) < 4.78 is 16.4. The lowest BCUT2D eigenvalue weighted by molar-refractivity contribution is 0.246. The summed E-state index contributed by atoms with van der Waals surface area (Å²) in [6, 6.07) is 21.6. The van der Waals surface area contributed by atoms with Gasteiger partial charge in [-0.15, -0.1) is 0 Å². The van der Waals surface area contributed by atoms with Crippen LogP contribution in [-0.2, 0) is 6.54 Å². The molecule has 0 spiro atoms. The molecule has 1 fully saturated rings. The highest BCUT2D eigenvalue weighted by Crippen LogP contribution is 2.27. The molecule has 1 aliphatic heterocycles. The van der Waals surface area contributed by atoms with Crippen LogP contribution in [0.5, 0.6) is 0 Å². The van der Waals surface area contributed by atoms with Gasteiger partial charge in [0.1, 0.15) is 11.5 Å². The number of nitrogens with zero attached hydrogens (tertiary/aromatic N) is 4. The van der Waals surface area contributed by atoms with Crippen molar-refractivity contribution in [1.82, 2.24) is 14.3 Å². The summed E-state index contributed by atoms with van der Waals surface area (Å²) in [5.41, 5.74) is 6.27. The molecule has 1 aliphatic rings. The SMILES string of the molecule is Cc1ccc2nc(-c3ccccc3)c(CN3CCN(c4ccccc4F)CC3)n2c1. The van der Waals surface area contributed by atoms with Crippen LogP contribution in [0.2, 0.25) is 0 Å². The molecule has 152 valence electrons. The van der Waals surface area contributed by atoms with E-state index in [1.807, 2.05) is 18.2 Å². The molecule has 0 N–H and O–H groups in total. The highest BCUT2D eigenvalue weighted by atomic mass is 19.1. The standard InChI is InChI=1S/C25H25FN4/c1-19-11-12-24-27-25(20-7-3-2-4-8-20)23(30(24)17-19)18-28-13-15-29(16-14-28)22-10-6-5-9-21(22)26/h2-12,17H,13-16,18H2,1H3. The second-order valence-corrected chi connectivity index (χ2v) is 7.92. The molecule has 30 heavy (non-hydrogen) atoms. The van der Waals surface area contributed by atoms with E-state index in [9.17, 15) is 4.39 Å². The number of anilines is 1. The summed E-state index contributed by atoms with van der Waals surface area (Å²) in [6.07, 6.45) is 2.17. The maximum atomic E-state index is 14.2. The Morgan fingerprint density at radius 1 is 0.867 bits per heavy atom. The number of halogens is 1. The van der Waals surface area contributed by atoms with E-state index in [4.69, 9.17) is 4.98 Å². The first-order chi connectivity index (χ1) is 14.7. The van der Waals surface area contributed by atoms with Crippen LogP contribution in [0.1, 0.15) is 11.3 Å². The number of pyridine rings is 1. The summed E-state index contributed by atoms with van der Waals surface area (Å²) in [5, 5.41) is 0. The highest BCUT2D eigenvalue weighted by Gasteiger charge is 2.22. The number of piperazine rings is 1. The van der Waals surface area contributed by atoms with E-state index < -0.39 is 0 Å². The quantitative estimate of drug-likeness (QED) is 0.493. The van der Waals surface area contributed by atoms with Crippen LogP contribution in [0, 0.1) is 12.7 Å². The number of para-hydroxylation sites is 1. The van der Waals surface area contributed by atoms with Crippen LogP contribution in [0.4, 0.5) is 10.1 Å². The molecular weight excluding hydrogens is 375 g/mol. The Morgan fingerprint density at radius 3 is 2.37 bits per heavy atom. The topological polar surface area (TPSA) is 23.8 Å². The summed E-state index contributed by atoms with van der Waals surface area (Å²) in [5.74, 6) is -0.144. The van der Waals surface area contributed by atoms with Crippen LogP contribution < -0.4 is 4.90 Å². The zero-order valence-electron chi connectivity index (χ0n) is 17.1. The van der Waals surface area contributed by atoms with Crippen molar-refractivity contribution in [3.05, 3.63) is 90.0 Å². The lowest BCUT2D eigenvalue weighted by Gasteiger charge is -2.36. The van der Waals surface area contributed by atoms with Crippen LogP contribution in [0.15, 0.2) is 72.9 Å². The Bertz CT molecular complexity index is 1160. The Labute approximate surface area is 176 Å². The number of aryl methyl sites for hydroxylation is 1. The van der Waals surface area contributed by atoms with Gasteiger partial charge in [0, 0.05) is 44.5 Å². The number of rotatable bonds is 4. The van der Waals surface area contributed by atoms with Crippen LogP contribution >= 0.6 is 0 Å². The molecule has 2 aromatic carbocycles. The van der Waals surface area contributed by atoms with E-state index in [1.165, 1.54) is 17.3 Å². The van der Waals surface area contributed by atoms with Gasteiger partial charge in [0.25, 0.3) is 0 Å². The average molecular weight is 401 g/mol. The third-order valence-electron chi connectivity index (χ3n) is 5.85. The number of fused-ring (bicyclic) bond motifs is 1. The second kappa shape index (κ2) is 7.92. The maximum Gasteiger partial charge on any atom is 0.146 e. The van der Waals surface area contributed by atoms with Gasteiger partial charge >= 0.3 is 0 Å². The van der Waals surface area contributed by atoms with E-state index in [-0.39, 0.29) is 5.82 Å². The smallest absolute Gasteiger partial charge is 0.146 e. The molecule has 4 nitrogen and oxygen atoms in total. The van der Waals surface area contributed by atoms with Crippen molar-refractivity contribution in [2.24, 2.45) is 0 Å². The van der Waals surface area contributed by atoms with Gasteiger partial charge in [0.2, 0.25) is 0 Å². The zero-order chi connectivity index (χ0) is 20.5. The minimum atomic E-state index is -0.144. The molecule has 3 heterocycles. The van der Waals surface area contributed by atoms with Crippen molar-refractivity contribution in [3.8, 4) is 11.3 Å². The molecule has 0 unspecified atom stereocenters. The monoisotopic (exact) mass is 400 g/mol. The number of hydrogen-bond acceptors (Lipinski definition) is 3. The third-order valence-corrected chi connectivity index (χ3v) is 5.85. The fourth-order valence-electron chi connectivity index (χ4n) is 4.24. The molecule has 0 amide bonds. The summed E-state index contributed by atoms with van der Waals surface area (Å²) in [7, 11) is 0. The number of benzene rings is 2. The van der Waals surface area contributed by atoms with Crippen molar-refractivity contribution in [3.63, 3.8) is 0 Å². The largest absolute Gasteiger partial charge is 0.367 e. The van der Waals surface area contributed by atoms with Gasteiger partial charge in [-0.2, -0.15) is 0 Å². The average Bonchev–Trinajstić information content (AvgIpc) is 3.13. The van der Waals surface area contributed by atoms with Crippen LogP contribution in [0.25, 0.3) is 16.9 Å². The Kier molecular flexibility index (Phi) is 4.97. The summed E-state index contributed by atoms with van der Waals surface area (Å²) in [4.78, 5) is 9.52. The first kappa shape index (κ1) is 18.8. The minimum absolute atomic E-state index is 0.144. The Balaban J connectivity index is 1.42. The number of imidazole rings is 1. The van der Waals surface area contributed by atoms with Crippen molar-refractivity contribution < 1.29 is 4.39 Å². The molecule has 1 saturated heterocycles. The predicted octanol–water partition coefficient (Wildman–Crippen LogP) is 4.77. The molecular formula is C25H25FN4. The summed E-state index contributed by atoms with van der Waals surface area (Å²) >= 11 is 0. The first-order valence-corrected chi connectivity index (χ1v) is 10.4. The van der Waals surface area contributed by atoms with Crippen molar-refractivity contribution in [1.29, 1.82) is 0 Å². The van der Waals surface area contributed by atoms with E-state index in [1.54, 1.807) is 6.07 Å². The van der Waals surface area contributed by atoms with Crippen molar-refractivity contribution in [2.45, 2.75) is 13.5 Å². The molecule has 2 aromatic heterocycles. The number of aromatic nitrogens is 2. The fourth-order valence-corrected chi connectivity index (χ4v) is 4.24. The minimum Gasteiger partial charge on any atom is -0.367 e. The van der Waals surface area contributed by atoms with Crippen LogP contribution in [0.3, 0.4) is 0 Å². The molecule has 0 radical (unpaired) electrons. The van der Waals surface area contributed by atoms with E-state index in [2.05, 4.69) is 63.7 Å². The highest BCUT2D eigenvalue weighted by molar-refractivity contribution is 5.66. The second-order valence-electron chi connectivity index (χ2n) is 7.92. The Morgan fingerprint density at radius 2 is 1.60 bits per heavy atom. The predicted molar refractivity (Wildman–Crippen MR) is 119 cm³/mol. The lowest BCUT2D eigenvalue weighted by Crippen LogP contribution is -2.46.